The maximum atomic E-state index is 9.67. The molecule has 2 aromatic rings. The average molecular weight is 300 g/mol. The van der Waals surface area contributed by atoms with E-state index in [0.717, 1.165) is 29.0 Å². The van der Waals surface area contributed by atoms with Crippen LogP contribution in [0.2, 0.25) is 0 Å². The average Bonchev–Trinajstić information content (AvgIpc) is 2.59. The van der Waals surface area contributed by atoms with Crippen molar-refractivity contribution < 1.29 is 19.7 Å². The first-order valence-electron chi connectivity index (χ1n) is 7.51. The Morgan fingerprint density at radius 2 is 2.00 bits per heavy atom. The topological polar surface area (TPSA) is 58.9 Å². The molecule has 4 heteroatoms. The Kier molecular flexibility index (Phi) is 4.61. The van der Waals surface area contributed by atoms with Crippen LogP contribution in [0.3, 0.4) is 0 Å². The van der Waals surface area contributed by atoms with Crippen LogP contribution >= 0.6 is 0 Å². The molecule has 0 aliphatic carbocycles. The molecule has 116 valence electrons. The normalized spacial score (nSPS) is 18.2. The van der Waals surface area contributed by atoms with E-state index in [1.165, 1.54) is 0 Å². The fraction of sp³-hybridized carbons (Fsp3) is 0.333. The Labute approximate surface area is 129 Å². The van der Waals surface area contributed by atoms with Crippen LogP contribution in [0.5, 0.6) is 11.5 Å². The van der Waals surface area contributed by atoms with Gasteiger partial charge in [-0.1, -0.05) is 30.3 Å². The Morgan fingerprint density at radius 3 is 2.77 bits per heavy atom. The molecular weight excluding hydrogens is 280 g/mol. The minimum Gasteiger partial charge on any atom is -0.489 e. The lowest BCUT2D eigenvalue weighted by atomic mass is 9.99. The largest absolute Gasteiger partial charge is 0.489 e. The molecule has 2 N–H and O–H groups in total. The predicted octanol–water partition coefficient (Wildman–Crippen LogP) is 2.31. The SMILES string of the molecule is OC[C@H](O)[C@H]1CCc2cc(OCc3ccccc3)ccc2O1. The van der Waals surface area contributed by atoms with Gasteiger partial charge in [-0.3, -0.25) is 0 Å². The molecule has 22 heavy (non-hydrogen) atoms. The predicted molar refractivity (Wildman–Crippen MR) is 83.0 cm³/mol. The van der Waals surface area contributed by atoms with Crippen LogP contribution in [-0.2, 0) is 13.0 Å². The third-order valence-corrected chi connectivity index (χ3v) is 3.87. The van der Waals surface area contributed by atoms with Crippen LogP contribution in [0.4, 0.5) is 0 Å². The number of benzene rings is 2. The van der Waals surface area contributed by atoms with E-state index < -0.39 is 6.10 Å². The molecule has 0 fully saturated rings. The van der Waals surface area contributed by atoms with E-state index >= 15 is 0 Å². The van der Waals surface area contributed by atoms with E-state index in [0.29, 0.717) is 13.0 Å². The number of rotatable bonds is 5. The fourth-order valence-electron chi connectivity index (χ4n) is 2.61. The van der Waals surface area contributed by atoms with Gasteiger partial charge in [0.05, 0.1) is 6.61 Å². The molecule has 2 atom stereocenters. The van der Waals surface area contributed by atoms with Crippen molar-refractivity contribution in [1.82, 2.24) is 0 Å². The Morgan fingerprint density at radius 1 is 1.18 bits per heavy atom. The highest BCUT2D eigenvalue weighted by atomic mass is 16.5. The lowest BCUT2D eigenvalue weighted by Gasteiger charge is -2.29. The van der Waals surface area contributed by atoms with Crippen molar-refractivity contribution in [2.75, 3.05) is 6.61 Å². The summed E-state index contributed by atoms with van der Waals surface area (Å²) in [6, 6.07) is 15.8. The van der Waals surface area contributed by atoms with Gasteiger partial charge in [0.25, 0.3) is 0 Å². The van der Waals surface area contributed by atoms with Crippen molar-refractivity contribution in [3.63, 3.8) is 0 Å². The van der Waals surface area contributed by atoms with Crippen molar-refractivity contribution in [3.8, 4) is 11.5 Å². The summed E-state index contributed by atoms with van der Waals surface area (Å²) in [6.45, 7) is 0.255. The summed E-state index contributed by atoms with van der Waals surface area (Å²) >= 11 is 0. The molecule has 1 aliphatic rings. The van der Waals surface area contributed by atoms with E-state index in [2.05, 4.69) is 0 Å². The second-order valence-electron chi connectivity index (χ2n) is 5.49. The number of hydrogen-bond acceptors (Lipinski definition) is 4. The van der Waals surface area contributed by atoms with Gasteiger partial charge in [0, 0.05) is 0 Å². The van der Waals surface area contributed by atoms with Crippen molar-refractivity contribution in [2.45, 2.75) is 31.7 Å². The van der Waals surface area contributed by atoms with E-state index in [1.807, 2.05) is 48.5 Å². The first-order chi connectivity index (χ1) is 10.8. The number of aryl methyl sites for hydroxylation is 1. The third-order valence-electron chi connectivity index (χ3n) is 3.87. The first kappa shape index (κ1) is 14.9. The van der Waals surface area contributed by atoms with Crippen molar-refractivity contribution >= 4 is 0 Å². The smallest absolute Gasteiger partial charge is 0.127 e. The molecule has 4 nitrogen and oxygen atoms in total. The summed E-state index contributed by atoms with van der Waals surface area (Å²) in [7, 11) is 0. The highest BCUT2D eigenvalue weighted by Crippen LogP contribution is 2.32. The Balaban J connectivity index is 1.65. The van der Waals surface area contributed by atoms with E-state index in [4.69, 9.17) is 14.6 Å². The second kappa shape index (κ2) is 6.81. The monoisotopic (exact) mass is 300 g/mol. The van der Waals surface area contributed by atoms with Gasteiger partial charge in [-0.15, -0.1) is 0 Å². The number of fused-ring (bicyclic) bond motifs is 1. The zero-order valence-electron chi connectivity index (χ0n) is 12.3. The number of aliphatic hydroxyl groups is 2. The van der Waals surface area contributed by atoms with Crippen LogP contribution < -0.4 is 9.47 Å². The fourth-order valence-corrected chi connectivity index (χ4v) is 2.61. The molecule has 1 heterocycles. The molecule has 0 unspecified atom stereocenters. The number of aliphatic hydroxyl groups excluding tert-OH is 2. The molecule has 0 radical (unpaired) electrons. The third kappa shape index (κ3) is 3.40. The maximum Gasteiger partial charge on any atom is 0.127 e. The number of hydrogen-bond donors (Lipinski definition) is 2. The maximum absolute atomic E-state index is 9.67. The van der Waals surface area contributed by atoms with Gasteiger partial charge in [0.15, 0.2) is 0 Å². The quantitative estimate of drug-likeness (QED) is 0.889. The zero-order chi connectivity index (χ0) is 15.4. The van der Waals surface area contributed by atoms with Crippen molar-refractivity contribution in [1.29, 1.82) is 0 Å². The highest BCUT2D eigenvalue weighted by molar-refractivity contribution is 5.41. The van der Waals surface area contributed by atoms with Gasteiger partial charge >= 0.3 is 0 Å². The summed E-state index contributed by atoms with van der Waals surface area (Å²) < 4.78 is 11.5. The van der Waals surface area contributed by atoms with Gasteiger partial charge < -0.3 is 19.7 Å². The Hall–Kier alpha value is -2.04. The second-order valence-corrected chi connectivity index (χ2v) is 5.49. The standard InChI is InChI=1S/C18H20O4/c19-11-16(20)18-8-6-14-10-15(7-9-17(14)22-18)21-12-13-4-2-1-3-5-13/h1-5,7,9-10,16,18-20H,6,8,11-12H2/t16-,18+/m0/s1. The molecule has 0 saturated carbocycles. The minimum absolute atomic E-state index is 0.279. The van der Waals surface area contributed by atoms with E-state index in [-0.39, 0.29) is 12.7 Å². The molecule has 0 saturated heterocycles. The lowest BCUT2D eigenvalue weighted by Crippen LogP contribution is -2.37. The lowest BCUT2D eigenvalue weighted by molar-refractivity contribution is -0.00963. The summed E-state index contributed by atoms with van der Waals surface area (Å²) in [4.78, 5) is 0. The molecule has 0 amide bonds. The van der Waals surface area contributed by atoms with Crippen LogP contribution in [0.25, 0.3) is 0 Å². The molecule has 1 aliphatic heterocycles. The van der Waals surface area contributed by atoms with Crippen LogP contribution in [0, 0.1) is 0 Å². The summed E-state index contributed by atoms with van der Waals surface area (Å²) in [5.74, 6) is 1.57. The molecule has 0 bridgehead atoms. The Bertz CT molecular complexity index is 612. The summed E-state index contributed by atoms with van der Waals surface area (Å²) in [6.07, 6.45) is 0.326. The summed E-state index contributed by atoms with van der Waals surface area (Å²) in [5, 5.41) is 18.7. The first-order valence-corrected chi connectivity index (χ1v) is 7.51. The molecular formula is C18H20O4. The van der Waals surface area contributed by atoms with Crippen LogP contribution in [0.1, 0.15) is 17.5 Å². The van der Waals surface area contributed by atoms with Gasteiger partial charge in [0.1, 0.15) is 30.3 Å². The molecule has 3 rings (SSSR count). The van der Waals surface area contributed by atoms with Crippen molar-refractivity contribution in [3.05, 3.63) is 59.7 Å². The van der Waals surface area contributed by atoms with Gasteiger partial charge in [-0.2, -0.15) is 0 Å². The van der Waals surface area contributed by atoms with Gasteiger partial charge in [-0.05, 0) is 42.2 Å². The van der Waals surface area contributed by atoms with Crippen LogP contribution in [0.15, 0.2) is 48.5 Å². The zero-order valence-corrected chi connectivity index (χ0v) is 12.3. The highest BCUT2D eigenvalue weighted by Gasteiger charge is 2.26. The van der Waals surface area contributed by atoms with Gasteiger partial charge in [0.2, 0.25) is 0 Å². The molecule has 0 aromatic heterocycles. The molecule has 0 spiro atoms. The summed E-state index contributed by atoms with van der Waals surface area (Å²) in [5.41, 5.74) is 2.20. The number of ether oxygens (including phenoxy) is 2. The minimum atomic E-state index is -0.831. The van der Waals surface area contributed by atoms with E-state index in [9.17, 15) is 5.11 Å². The van der Waals surface area contributed by atoms with E-state index in [1.54, 1.807) is 0 Å². The van der Waals surface area contributed by atoms with Crippen LogP contribution in [-0.4, -0.2) is 29.0 Å². The van der Waals surface area contributed by atoms with Crippen molar-refractivity contribution in [2.24, 2.45) is 0 Å². The molecule has 2 aromatic carbocycles. The van der Waals surface area contributed by atoms with Gasteiger partial charge in [-0.25, -0.2) is 0 Å².